The highest BCUT2D eigenvalue weighted by Crippen LogP contribution is 2.29. The fourth-order valence-corrected chi connectivity index (χ4v) is 4.28. The lowest BCUT2D eigenvalue weighted by Gasteiger charge is -2.28. The molecule has 1 atom stereocenters. The number of anilines is 1. The van der Waals surface area contributed by atoms with E-state index < -0.39 is 21.1 Å². The van der Waals surface area contributed by atoms with Crippen LogP contribution in [-0.4, -0.2) is 29.5 Å². The summed E-state index contributed by atoms with van der Waals surface area (Å²) in [6.45, 7) is 0.417. The van der Waals surface area contributed by atoms with Crippen LogP contribution in [-0.2, 0) is 21.1 Å². The fourth-order valence-electron chi connectivity index (χ4n) is 1.87. The number of halogens is 1. The summed E-state index contributed by atoms with van der Waals surface area (Å²) in [4.78, 5) is 0.0785. The predicted octanol–water partition coefficient (Wildman–Crippen LogP) is 1.85. The molecule has 18 heavy (non-hydrogen) atoms. The monoisotopic (exact) mass is 309 g/mol. The molecule has 100 valence electrons. The summed E-state index contributed by atoms with van der Waals surface area (Å²) in [7, 11) is -3.29. The van der Waals surface area contributed by atoms with Gasteiger partial charge in [0.15, 0.2) is 11.1 Å². The van der Waals surface area contributed by atoms with Gasteiger partial charge in [-0.1, -0.05) is 11.6 Å². The minimum absolute atomic E-state index is 0.0785. The molecule has 0 bridgehead atoms. The van der Waals surface area contributed by atoms with E-state index in [1.165, 1.54) is 22.5 Å². The van der Waals surface area contributed by atoms with Gasteiger partial charge in [-0.25, -0.2) is 12.6 Å². The molecule has 1 aromatic rings. The Bertz CT molecular complexity index is 588. The fraction of sp³-hybridized carbons (Fsp3) is 0.400. The van der Waals surface area contributed by atoms with Gasteiger partial charge in [0.1, 0.15) is 0 Å². The van der Waals surface area contributed by atoms with Crippen LogP contribution < -0.4 is 4.31 Å². The Hall–Kier alpha value is -0.630. The standard InChI is InChI=1S/C10H12ClNO4S2/c11-9-7-8(3-4-10(9)17(13)14)12-5-1-2-6-18(12,15)16/h3-4,7H,1-2,5-6H2,(H,13,14). The van der Waals surface area contributed by atoms with Gasteiger partial charge in [-0.05, 0) is 31.0 Å². The maximum absolute atomic E-state index is 11.9. The highest BCUT2D eigenvalue weighted by atomic mass is 35.5. The minimum Gasteiger partial charge on any atom is -0.302 e. The van der Waals surface area contributed by atoms with E-state index in [9.17, 15) is 12.6 Å². The Balaban J connectivity index is 2.40. The molecule has 0 aromatic heterocycles. The van der Waals surface area contributed by atoms with Crippen molar-refractivity contribution in [2.45, 2.75) is 17.7 Å². The molecule has 1 heterocycles. The van der Waals surface area contributed by atoms with Crippen LogP contribution in [0.25, 0.3) is 0 Å². The third-order valence-electron chi connectivity index (χ3n) is 2.74. The van der Waals surface area contributed by atoms with Gasteiger partial charge in [-0.15, -0.1) is 0 Å². The van der Waals surface area contributed by atoms with Crippen LogP contribution in [0.15, 0.2) is 23.1 Å². The first-order chi connectivity index (χ1) is 8.42. The van der Waals surface area contributed by atoms with Crippen molar-refractivity contribution in [2.24, 2.45) is 0 Å². The van der Waals surface area contributed by atoms with E-state index in [0.717, 1.165) is 6.42 Å². The average molecular weight is 310 g/mol. The first kappa shape index (κ1) is 13.8. The van der Waals surface area contributed by atoms with E-state index >= 15 is 0 Å². The molecule has 0 saturated carbocycles. The zero-order valence-corrected chi connectivity index (χ0v) is 11.8. The number of sulfonamides is 1. The van der Waals surface area contributed by atoms with Crippen LogP contribution in [0.1, 0.15) is 12.8 Å². The van der Waals surface area contributed by atoms with E-state index in [2.05, 4.69) is 0 Å². The van der Waals surface area contributed by atoms with Crippen molar-refractivity contribution in [3.8, 4) is 0 Å². The molecule has 0 aliphatic carbocycles. The van der Waals surface area contributed by atoms with Gasteiger partial charge in [0.2, 0.25) is 10.0 Å². The van der Waals surface area contributed by atoms with Crippen molar-refractivity contribution in [1.82, 2.24) is 0 Å². The molecule has 0 amide bonds. The molecule has 1 fully saturated rings. The summed E-state index contributed by atoms with van der Waals surface area (Å²) >= 11 is 3.69. The summed E-state index contributed by atoms with van der Waals surface area (Å²) in [6, 6.07) is 4.28. The van der Waals surface area contributed by atoms with Crippen LogP contribution >= 0.6 is 11.6 Å². The number of hydrogen-bond donors (Lipinski definition) is 1. The third kappa shape index (κ3) is 2.69. The molecule has 1 aliphatic rings. The van der Waals surface area contributed by atoms with E-state index in [0.29, 0.717) is 18.7 Å². The van der Waals surface area contributed by atoms with Crippen LogP contribution in [0, 0.1) is 0 Å². The maximum atomic E-state index is 11.9. The zero-order valence-electron chi connectivity index (χ0n) is 9.37. The SMILES string of the molecule is O=S(O)c1ccc(N2CCCCS2(=O)=O)cc1Cl. The van der Waals surface area contributed by atoms with Crippen LogP contribution in [0.3, 0.4) is 0 Å². The van der Waals surface area contributed by atoms with Crippen molar-refractivity contribution >= 4 is 38.4 Å². The second kappa shape index (κ2) is 5.16. The predicted molar refractivity (Wildman–Crippen MR) is 70.9 cm³/mol. The highest BCUT2D eigenvalue weighted by Gasteiger charge is 2.26. The van der Waals surface area contributed by atoms with Crippen molar-refractivity contribution in [3.63, 3.8) is 0 Å². The first-order valence-corrected chi connectivity index (χ1v) is 8.42. The van der Waals surface area contributed by atoms with E-state index in [4.69, 9.17) is 16.2 Å². The second-order valence-electron chi connectivity index (χ2n) is 3.96. The smallest absolute Gasteiger partial charge is 0.235 e. The summed E-state index contributed by atoms with van der Waals surface area (Å²) in [6.07, 6.45) is 1.45. The lowest BCUT2D eigenvalue weighted by atomic mass is 10.3. The Morgan fingerprint density at radius 2 is 2.06 bits per heavy atom. The number of nitrogens with zero attached hydrogens (tertiary/aromatic N) is 1. The molecule has 1 aromatic carbocycles. The summed E-state index contributed by atoms with van der Waals surface area (Å²) in [5.74, 6) is 0.123. The Morgan fingerprint density at radius 3 is 2.61 bits per heavy atom. The first-order valence-electron chi connectivity index (χ1n) is 5.32. The number of benzene rings is 1. The lowest BCUT2D eigenvalue weighted by Crippen LogP contribution is -2.37. The van der Waals surface area contributed by atoms with Crippen LogP contribution in [0.2, 0.25) is 5.02 Å². The number of rotatable bonds is 2. The molecule has 5 nitrogen and oxygen atoms in total. The minimum atomic E-state index is -3.29. The molecular formula is C10H12ClNO4S2. The van der Waals surface area contributed by atoms with E-state index in [-0.39, 0.29) is 15.7 Å². The third-order valence-corrected chi connectivity index (χ3v) is 5.77. The molecule has 1 N–H and O–H groups in total. The van der Waals surface area contributed by atoms with Gasteiger partial charge >= 0.3 is 0 Å². The molecular weight excluding hydrogens is 298 g/mol. The molecule has 0 radical (unpaired) electrons. The summed E-state index contributed by atoms with van der Waals surface area (Å²) in [5.41, 5.74) is 0.439. The van der Waals surface area contributed by atoms with E-state index in [1.807, 2.05) is 0 Å². The molecule has 1 aliphatic heterocycles. The van der Waals surface area contributed by atoms with E-state index in [1.54, 1.807) is 0 Å². The summed E-state index contributed by atoms with van der Waals surface area (Å²) < 4.78 is 45.0. The van der Waals surface area contributed by atoms with Gasteiger partial charge in [0.25, 0.3) is 0 Å². The molecule has 1 saturated heterocycles. The molecule has 1 unspecified atom stereocenters. The topological polar surface area (TPSA) is 74.7 Å². The van der Waals surface area contributed by atoms with Crippen molar-refractivity contribution in [3.05, 3.63) is 23.2 Å². The van der Waals surface area contributed by atoms with Gasteiger partial charge < -0.3 is 4.55 Å². The number of hydrogen-bond acceptors (Lipinski definition) is 3. The quantitative estimate of drug-likeness (QED) is 0.846. The van der Waals surface area contributed by atoms with Gasteiger partial charge in [-0.3, -0.25) is 4.31 Å². The molecule has 8 heteroatoms. The normalized spacial score (nSPS) is 20.7. The molecule has 2 rings (SSSR count). The Labute approximate surface area is 113 Å². The van der Waals surface area contributed by atoms with Crippen LogP contribution in [0.5, 0.6) is 0 Å². The maximum Gasteiger partial charge on any atom is 0.235 e. The second-order valence-corrected chi connectivity index (χ2v) is 7.32. The van der Waals surface area contributed by atoms with Gasteiger partial charge in [0.05, 0.1) is 21.4 Å². The largest absolute Gasteiger partial charge is 0.302 e. The lowest BCUT2D eigenvalue weighted by molar-refractivity contribution is 0.564. The van der Waals surface area contributed by atoms with Gasteiger partial charge in [0, 0.05) is 6.54 Å². The van der Waals surface area contributed by atoms with Crippen molar-refractivity contribution in [2.75, 3.05) is 16.6 Å². The van der Waals surface area contributed by atoms with Crippen molar-refractivity contribution < 1.29 is 17.2 Å². The zero-order chi connectivity index (χ0) is 13.3. The van der Waals surface area contributed by atoms with Crippen LogP contribution in [0.4, 0.5) is 5.69 Å². The highest BCUT2D eigenvalue weighted by molar-refractivity contribution is 7.92. The van der Waals surface area contributed by atoms with Crippen molar-refractivity contribution in [1.29, 1.82) is 0 Å². The Kier molecular flexibility index (Phi) is 3.96. The molecule has 0 spiro atoms. The average Bonchev–Trinajstić information content (AvgIpc) is 2.27. The van der Waals surface area contributed by atoms with Gasteiger partial charge in [-0.2, -0.15) is 0 Å². The summed E-state index contributed by atoms with van der Waals surface area (Å²) in [5, 5.41) is 0.0918. The Morgan fingerprint density at radius 1 is 1.33 bits per heavy atom.